The normalized spacial score (nSPS) is 16.7. The quantitative estimate of drug-likeness (QED) is 0.205. The van der Waals surface area contributed by atoms with E-state index in [4.69, 9.17) is 9.47 Å². The van der Waals surface area contributed by atoms with Gasteiger partial charge in [-0.1, -0.05) is 12.8 Å². The molecule has 24 heavy (non-hydrogen) atoms. The summed E-state index contributed by atoms with van der Waals surface area (Å²) in [7, 11) is 1.84. The van der Waals surface area contributed by atoms with Crippen LogP contribution in [0.3, 0.4) is 0 Å². The van der Waals surface area contributed by atoms with Gasteiger partial charge in [-0.05, 0) is 51.4 Å². The number of nitrogens with zero attached hydrogens (tertiary/aromatic N) is 1. The summed E-state index contributed by atoms with van der Waals surface area (Å²) in [6, 6.07) is 0. The molecule has 0 bridgehead atoms. The van der Waals surface area contributed by atoms with Crippen molar-refractivity contribution in [3.05, 3.63) is 0 Å². The van der Waals surface area contributed by atoms with Gasteiger partial charge in [0.05, 0.1) is 0 Å². The maximum atomic E-state index is 5.58. The van der Waals surface area contributed by atoms with E-state index in [2.05, 4.69) is 22.5 Å². The highest BCUT2D eigenvalue weighted by Gasteiger charge is 2.33. The Morgan fingerprint density at radius 2 is 1.67 bits per heavy atom. The fourth-order valence-electron chi connectivity index (χ4n) is 3.25. The van der Waals surface area contributed by atoms with E-state index in [-0.39, 0.29) is 24.0 Å². The Morgan fingerprint density at radius 1 is 1.00 bits per heavy atom. The average molecular weight is 455 g/mol. The van der Waals surface area contributed by atoms with Gasteiger partial charge in [0.2, 0.25) is 0 Å². The molecule has 6 heteroatoms. The van der Waals surface area contributed by atoms with Crippen LogP contribution in [0.5, 0.6) is 0 Å². The summed E-state index contributed by atoms with van der Waals surface area (Å²) in [6.45, 7) is 9.39. The molecule has 0 aromatic carbocycles. The van der Waals surface area contributed by atoms with Crippen LogP contribution in [0.2, 0.25) is 0 Å². The van der Waals surface area contributed by atoms with Crippen LogP contribution < -0.4 is 10.6 Å². The standard InChI is InChI=1S/C18H37N3O2.HI/c1-4-22-14-9-8-13-20-17(19-3)21-16-18(10-6-7-11-18)12-15-23-5-2;/h4-16H2,1-3H3,(H2,19,20,21);1H. The fraction of sp³-hybridized carbons (Fsp3) is 0.944. The van der Waals surface area contributed by atoms with E-state index in [9.17, 15) is 0 Å². The number of hydrogen-bond acceptors (Lipinski definition) is 3. The smallest absolute Gasteiger partial charge is 0.190 e. The van der Waals surface area contributed by atoms with Gasteiger partial charge in [-0.3, -0.25) is 4.99 Å². The monoisotopic (exact) mass is 455 g/mol. The van der Waals surface area contributed by atoms with Crippen molar-refractivity contribution in [2.75, 3.05) is 46.6 Å². The Hall–Kier alpha value is -0.0800. The minimum atomic E-state index is 0. The van der Waals surface area contributed by atoms with Crippen LogP contribution in [0.1, 0.15) is 58.8 Å². The van der Waals surface area contributed by atoms with Gasteiger partial charge in [-0.25, -0.2) is 0 Å². The van der Waals surface area contributed by atoms with E-state index in [1.807, 2.05) is 14.0 Å². The molecule has 1 fully saturated rings. The van der Waals surface area contributed by atoms with Crippen molar-refractivity contribution in [2.24, 2.45) is 10.4 Å². The van der Waals surface area contributed by atoms with Crippen molar-refractivity contribution < 1.29 is 9.47 Å². The minimum absolute atomic E-state index is 0. The van der Waals surface area contributed by atoms with Crippen LogP contribution in [0.25, 0.3) is 0 Å². The lowest BCUT2D eigenvalue weighted by molar-refractivity contribution is 0.105. The molecular formula is C18H38IN3O2. The van der Waals surface area contributed by atoms with Gasteiger partial charge >= 0.3 is 0 Å². The topological polar surface area (TPSA) is 54.9 Å². The van der Waals surface area contributed by atoms with Crippen molar-refractivity contribution in [2.45, 2.75) is 58.8 Å². The summed E-state index contributed by atoms with van der Waals surface area (Å²) in [5.74, 6) is 0.920. The van der Waals surface area contributed by atoms with E-state index >= 15 is 0 Å². The van der Waals surface area contributed by atoms with Gasteiger partial charge in [0.15, 0.2) is 5.96 Å². The van der Waals surface area contributed by atoms with Gasteiger partial charge in [0, 0.05) is 46.6 Å². The molecule has 0 aliphatic heterocycles. The van der Waals surface area contributed by atoms with E-state index in [0.29, 0.717) is 5.41 Å². The largest absolute Gasteiger partial charge is 0.382 e. The second-order valence-electron chi connectivity index (χ2n) is 6.41. The number of nitrogens with one attached hydrogen (secondary N) is 2. The fourth-order valence-corrected chi connectivity index (χ4v) is 3.25. The zero-order valence-corrected chi connectivity index (χ0v) is 18.2. The summed E-state index contributed by atoms with van der Waals surface area (Å²) in [6.07, 6.45) is 8.65. The molecule has 1 aliphatic carbocycles. The van der Waals surface area contributed by atoms with E-state index in [1.54, 1.807) is 0 Å². The molecule has 1 rings (SSSR count). The molecule has 0 unspecified atom stereocenters. The van der Waals surface area contributed by atoms with E-state index < -0.39 is 0 Å². The van der Waals surface area contributed by atoms with E-state index in [1.165, 1.54) is 25.7 Å². The molecule has 144 valence electrons. The molecule has 1 saturated carbocycles. The lowest BCUT2D eigenvalue weighted by Crippen LogP contribution is -2.43. The highest BCUT2D eigenvalue weighted by molar-refractivity contribution is 14.0. The number of halogens is 1. The Kier molecular flexibility index (Phi) is 15.1. The first-order valence-corrected chi connectivity index (χ1v) is 9.36. The van der Waals surface area contributed by atoms with Crippen LogP contribution in [-0.4, -0.2) is 52.5 Å². The lowest BCUT2D eigenvalue weighted by Gasteiger charge is -2.30. The Morgan fingerprint density at radius 3 is 2.29 bits per heavy atom. The molecule has 0 saturated heterocycles. The highest BCUT2D eigenvalue weighted by atomic mass is 127. The molecule has 0 aromatic rings. The predicted octanol–water partition coefficient (Wildman–Crippen LogP) is 3.57. The maximum absolute atomic E-state index is 5.58. The number of unbranched alkanes of at least 4 members (excludes halogenated alkanes) is 1. The maximum Gasteiger partial charge on any atom is 0.190 e. The number of guanidine groups is 1. The second-order valence-corrected chi connectivity index (χ2v) is 6.41. The lowest BCUT2D eigenvalue weighted by atomic mass is 9.83. The Balaban J connectivity index is 0.00000529. The SMILES string of the molecule is CCOCCCCNC(=NC)NCC1(CCOCC)CCCC1.I. The number of rotatable bonds is 12. The summed E-state index contributed by atoms with van der Waals surface area (Å²) in [4.78, 5) is 4.34. The van der Waals surface area contributed by atoms with Gasteiger partial charge in [0.25, 0.3) is 0 Å². The van der Waals surface area contributed by atoms with Gasteiger partial charge in [-0.2, -0.15) is 0 Å². The van der Waals surface area contributed by atoms with Gasteiger partial charge in [-0.15, -0.1) is 24.0 Å². The van der Waals surface area contributed by atoms with Crippen molar-refractivity contribution in [3.8, 4) is 0 Å². The summed E-state index contributed by atoms with van der Waals surface area (Å²) in [5, 5.41) is 6.94. The first-order chi connectivity index (χ1) is 11.3. The van der Waals surface area contributed by atoms with Crippen LogP contribution in [0.4, 0.5) is 0 Å². The highest BCUT2D eigenvalue weighted by Crippen LogP contribution is 2.40. The van der Waals surface area contributed by atoms with Crippen LogP contribution in [-0.2, 0) is 9.47 Å². The number of ether oxygens (including phenoxy) is 2. The second kappa shape index (κ2) is 15.2. The van der Waals surface area contributed by atoms with Crippen LogP contribution in [0, 0.1) is 5.41 Å². The zero-order valence-electron chi connectivity index (χ0n) is 15.9. The Labute approximate surface area is 165 Å². The summed E-state index contributed by atoms with van der Waals surface area (Å²) < 4.78 is 10.9. The van der Waals surface area contributed by atoms with Crippen molar-refractivity contribution >= 4 is 29.9 Å². The molecule has 0 atom stereocenters. The Bertz CT molecular complexity index is 321. The molecule has 0 radical (unpaired) electrons. The first-order valence-electron chi connectivity index (χ1n) is 9.36. The average Bonchev–Trinajstić information content (AvgIpc) is 3.03. The summed E-state index contributed by atoms with van der Waals surface area (Å²) in [5.41, 5.74) is 0.391. The van der Waals surface area contributed by atoms with E-state index in [0.717, 1.165) is 64.7 Å². The third-order valence-corrected chi connectivity index (χ3v) is 4.71. The molecule has 2 N–H and O–H groups in total. The van der Waals surface area contributed by atoms with Gasteiger partial charge < -0.3 is 20.1 Å². The van der Waals surface area contributed by atoms with Gasteiger partial charge in [0.1, 0.15) is 0 Å². The summed E-state index contributed by atoms with van der Waals surface area (Å²) >= 11 is 0. The molecule has 0 aromatic heterocycles. The first kappa shape index (κ1) is 23.9. The third-order valence-electron chi connectivity index (χ3n) is 4.71. The molecule has 0 amide bonds. The molecular weight excluding hydrogens is 417 g/mol. The number of aliphatic imine (C=N–C) groups is 1. The van der Waals surface area contributed by atoms with Crippen molar-refractivity contribution in [1.82, 2.24) is 10.6 Å². The number of hydrogen-bond donors (Lipinski definition) is 2. The van der Waals surface area contributed by atoms with Crippen LogP contribution >= 0.6 is 24.0 Å². The molecule has 0 heterocycles. The zero-order chi connectivity index (χ0) is 16.8. The minimum Gasteiger partial charge on any atom is -0.382 e. The third kappa shape index (κ3) is 10.0. The predicted molar refractivity (Wildman–Crippen MR) is 113 cm³/mol. The van der Waals surface area contributed by atoms with Crippen molar-refractivity contribution in [3.63, 3.8) is 0 Å². The van der Waals surface area contributed by atoms with Crippen molar-refractivity contribution in [1.29, 1.82) is 0 Å². The van der Waals surface area contributed by atoms with Crippen LogP contribution in [0.15, 0.2) is 4.99 Å². The molecule has 5 nitrogen and oxygen atoms in total. The molecule has 0 spiro atoms. The molecule has 1 aliphatic rings.